The lowest BCUT2D eigenvalue weighted by atomic mass is 10.2. The average Bonchev–Trinajstić information content (AvgIpc) is 2.62. The third kappa shape index (κ3) is 1.87. The molecule has 0 atom stereocenters. The molecular weight excluding hydrogens is 164 g/mol. The lowest BCUT2D eigenvalue weighted by Crippen LogP contribution is -2.30. The van der Waals surface area contributed by atoms with Crippen molar-refractivity contribution in [3.63, 3.8) is 0 Å². The van der Waals surface area contributed by atoms with Crippen LogP contribution >= 0.6 is 0 Å². The molecule has 1 aromatic heterocycles. The number of imidazole rings is 1. The van der Waals surface area contributed by atoms with Crippen molar-refractivity contribution in [1.29, 1.82) is 0 Å². The standard InChI is InChI=1S/C10H10N2O/c13-10-3-1-9(2-4-10)7-12-6-5-11-8-12/h1-6,8,13H,7H2/p+1. The summed E-state index contributed by atoms with van der Waals surface area (Å²) in [6.07, 6.45) is 5.74. The molecule has 2 rings (SSSR count). The first-order chi connectivity index (χ1) is 6.34. The summed E-state index contributed by atoms with van der Waals surface area (Å²) in [6, 6.07) is 7.22. The molecule has 1 aromatic carbocycles. The third-order valence-electron chi connectivity index (χ3n) is 1.90. The van der Waals surface area contributed by atoms with Gasteiger partial charge in [0.05, 0.1) is 0 Å². The molecule has 3 nitrogen and oxygen atoms in total. The van der Waals surface area contributed by atoms with Gasteiger partial charge in [-0.15, -0.1) is 0 Å². The molecule has 0 saturated heterocycles. The van der Waals surface area contributed by atoms with Gasteiger partial charge in [-0.25, -0.2) is 4.57 Å². The Labute approximate surface area is 76.3 Å². The first kappa shape index (κ1) is 7.86. The van der Waals surface area contributed by atoms with Gasteiger partial charge in [0.2, 0.25) is 6.33 Å². The van der Waals surface area contributed by atoms with Gasteiger partial charge in [0.25, 0.3) is 0 Å². The zero-order chi connectivity index (χ0) is 9.10. The van der Waals surface area contributed by atoms with E-state index in [9.17, 15) is 0 Å². The second-order valence-electron chi connectivity index (χ2n) is 2.95. The van der Waals surface area contributed by atoms with E-state index in [1.165, 1.54) is 5.56 Å². The summed E-state index contributed by atoms with van der Waals surface area (Å²) in [6.45, 7) is 0.823. The van der Waals surface area contributed by atoms with Crippen molar-refractivity contribution in [2.45, 2.75) is 6.54 Å². The Hall–Kier alpha value is -1.77. The Morgan fingerprint density at radius 3 is 2.62 bits per heavy atom. The predicted molar refractivity (Wildman–Crippen MR) is 48.2 cm³/mol. The van der Waals surface area contributed by atoms with E-state index in [0.29, 0.717) is 5.75 Å². The summed E-state index contributed by atoms with van der Waals surface area (Å²) in [5.41, 5.74) is 1.17. The molecular formula is C10H11N2O+. The van der Waals surface area contributed by atoms with Gasteiger partial charge in [0.1, 0.15) is 24.7 Å². The van der Waals surface area contributed by atoms with Crippen LogP contribution in [-0.4, -0.2) is 10.1 Å². The molecule has 0 unspecified atom stereocenters. The fraction of sp³-hybridized carbons (Fsp3) is 0.100. The van der Waals surface area contributed by atoms with Crippen molar-refractivity contribution in [3.05, 3.63) is 48.5 Å². The fourth-order valence-corrected chi connectivity index (χ4v) is 1.23. The van der Waals surface area contributed by atoms with Crippen LogP contribution in [0.25, 0.3) is 0 Å². The van der Waals surface area contributed by atoms with Crippen LogP contribution in [0, 0.1) is 0 Å². The number of phenols is 1. The van der Waals surface area contributed by atoms with Gasteiger partial charge >= 0.3 is 0 Å². The second kappa shape index (κ2) is 3.31. The molecule has 0 aliphatic heterocycles. The second-order valence-corrected chi connectivity index (χ2v) is 2.95. The molecule has 3 heteroatoms. The number of hydrogen-bond acceptors (Lipinski definition) is 1. The smallest absolute Gasteiger partial charge is 0.241 e. The van der Waals surface area contributed by atoms with Gasteiger partial charge in [0.15, 0.2) is 0 Å². The highest BCUT2D eigenvalue weighted by atomic mass is 16.3. The minimum Gasteiger partial charge on any atom is -0.508 e. The van der Waals surface area contributed by atoms with Crippen LogP contribution < -0.4 is 4.57 Å². The van der Waals surface area contributed by atoms with Gasteiger partial charge in [-0.2, -0.15) is 0 Å². The van der Waals surface area contributed by atoms with Crippen LogP contribution in [0.4, 0.5) is 0 Å². The Bertz CT molecular complexity index is 364. The molecule has 0 saturated carbocycles. The Morgan fingerprint density at radius 2 is 2.00 bits per heavy atom. The highest BCUT2D eigenvalue weighted by Gasteiger charge is 1.98. The molecule has 0 aliphatic carbocycles. The van der Waals surface area contributed by atoms with Crippen molar-refractivity contribution in [2.75, 3.05) is 0 Å². The normalized spacial score (nSPS) is 10.2. The van der Waals surface area contributed by atoms with Crippen LogP contribution in [0.1, 0.15) is 5.56 Å². The summed E-state index contributed by atoms with van der Waals surface area (Å²) < 4.78 is 2.03. The monoisotopic (exact) mass is 175 g/mol. The summed E-state index contributed by atoms with van der Waals surface area (Å²) in [4.78, 5) is 2.97. The molecule has 0 amide bonds. The fourth-order valence-electron chi connectivity index (χ4n) is 1.23. The van der Waals surface area contributed by atoms with E-state index in [0.717, 1.165) is 6.54 Å². The number of nitrogens with one attached hydrogen (secondary N) is 1. The predicted octanol–water partition coefficient (Wildman–Crippen LogP) is 1.06. The van der Waals surface area contributed by atoms with Crippen LogP contribution in [-0.2, 0) is 6.54 Å². The largest absolute Gasteiger partial charge is 0.508 e. The molecule has 66 valence electrons. The van der Waals surface area contributed by atoms with E-state index in [4.69, 9.17) is 5.11 Å². The van der Waals surface area contributed by atoms with Crippen molar-refractivity contribution in [1.82, 2.24) is 4.98 Å². The summed E-state index contributed by atoms with van der Waals surface area (Å²) in [5.74, 6) is 0.308. The van der Waals surface area contributed by atoms with Crippen LogP contribution in [0.2, 0.25) is 0 Å². The molecule has 0 radical (unpaired) electrons. The summed E-state index contributed by atoms with van der Waals surface area (Å²) in [7, 11) is 0. The molecule has 2 N–H and O–H groups in total. The maximum Gasteiger partial charge on any atom is 0.241 e. The number of benzene rings is 1. The maximum absolute atomic E-state index is 9.07. The van der Waals surface area contributed by atoms with Gasteiger partial charge in [-0.3, -0.25) is 4.98 Å². The van der Waals surface area contributed by atoms with Gasteiger partial charge in [0, 0.05) is 0 Å². The third-order valence-corrected chi connectivity index (χ3v) is 1.90. The number of nitrogens with zero attached hydrogens (tertiary/aromatic N) is 1. The Morgan fingerprint density at radius 1 is 1.23 bits per heavy atom. The first-order valence-corrected chi connectivity index (χ1v) is 4.14. The van der Waals surface area contributed by atoms with Crippen LogP contribution in [0.5, 0.6) is 5.75 Å². The molecule has 1 heterocycles. The van der Waals surface area contributed by atoms with Crippen molar-refractivity contribution < 1.29 is 9.67 Å². The lowest BCUT2D eigenvalue weighted by Gasteiger charge is -1.97. The van der Waals surface area contributed by atoms with Crippen molar-refractivity contribution in [2.24, 2.45) is 0 Å². The van der Waals surface area contributed by atoms with E-state index in [-0.39, 0.29) is 0 Å². The highest BCUT2D eigenvalue weighted by molar-refractivity contribution is 5.25. The van der Waals surface area contributed by atoms with E-state index in [2.05, 4.69) is 4.98 Å². The maximum atomic E-state index is 9.07. The molecule has 0 spiro atoms. The minimum absolute atomic E-state index is 0.308. The van der Waals surface area contributed by atoms with Gasteiger partial charge in [-0.05, 0) is 17.7 Å². The summed E-state index contributed by atoms with van der Waals surface area (Å²) in [5, 5.41) is 9.07. The van der Waals surface area contributed by atoms with E-state index in [1.54, 1.807) is 12.1 Å². The van der Waals surface area contributed by atoms with Crippen molar-refractivity contribution in [3.8, 4) is 5.75 Å². The number of rotatable bonds is 2. The van der Waals surface area contributed by atoms with E-state index in [1.807, 2.05) is 35.4 Å². The first-order valence-electron chi connectivity index (χ1n) is 4.14. The topological polar surface area (TPSA) is 39.9 Å². The van der Waals surface area contributed by atoms with Crippen LogP contribution in [0.15, 0.2) is 43.0 Å². The van der Waals surface area contributed by atoms with Crippen LogP contribution in [0.3, 0.4) is 0 Å². The SMILES string of the molecule is Oc1ccc(C[n+]2cc[nH]c2)cc1. The van der Waals surface area contributed by atoms with Crippen molar-refractivity contribution >= 4 is 0 Å². The average molecular weight is 175 g/mol. The number of H-pyrrole nitrogens is 1. The highest BCUT2D eigenvalue weighted by Crippen LogP contribution is 2.08. The molecule has 0 fully saturated rings. The summed E-state index contributed by atoms with van der Waals surface area (Å²) >= 11 is 0. The zero-order valence-electron chi connectivity index (χ0n) is 7.14. The Balaban J connectivity index is 2.15. The number of aromatic nitrogens is 2. The minimum atomic E-state index is 0.308. The molecule has 2 aromatic rings. The van der Waals surface area contributed by atoms with E-state index < -0.39 is 0 Å². The Kier molecular flexibility index (Phi) is 2.00. The van der Waals surface area contributed by atoms with E-state index >= 15 is 0 Å². The number of hydrogen-bond donors (Lipinski definition) is 2. The molecule has 13 heavy (non-hydrogen) atoms. The number of aromatic hydroxyl groups is 1. The zero-order valence-corrected chi connectivity index (χ0v) is 7.14. The lowest BCUT2D eigenvalue weighted by molar-refractivity contribution is -0.687. The van der Waals surface area contributed by atoms with Gasteiger partial charge < -0.3 is 5.11 Å². The van der Waals surface area contributed by atoms with Gasteiger partial charge in [-0.1, -0.05) is 12.1 Å². The molecule has 0 aliphatic rings. The molecule has 0 bridgehead atoms. The quantitative estimate of drug-likeness (QED) is 0.658. The number of phenolic OH excluding ortho intramolecular Hbond substituents is 1. The number of aromatic amines is 1.